The van der Waals surface area contributed by atoms with E-state index < -0.39 is 0 Å². The van der Waals surface area contributed by atoms with Crippen molar-refractivity contribution in [3.8, 4) is 0 Å². The summed E-state index contributed by atoms with van der Waals surface area (Å²) in [6, 6.07) is 0. The summed E-state index contributed by atoms with van der Waals surface area (Å²) in [4.78, 5) is 24.8. The first-order valence-electron chi connectivity index (χ1n) is 13.3. The summed E-state index contributed by atoms with van der Waals surface area (Å²) < 4.78 is 11.6. The number of rotatable bonds is 17. The smallest absolute Gasteiger partial charge is 0.306 e. The van der Waals surface area contributed by atoms with E-state index in [4.69, 9.17) is 9.47 Å². The second kappa shape index (κ2) is 16.5. The number of hydrogen-bond acceptors (Lipinski definition) is 4. The number of carbonyl (C=O) groups excluding carboxylic acids is 2. The van der Waals surface area contributed by atoms with Gasteiger partial charge in [0.25, 0.3) is 0 Å². The van der Waals surface area contributed by atoms with Crippen LogP contribution in [-0.4, -0.2) is 24.1 Å². The van der Waals surface area contributed by atoms with Gasteiger partial charge in [0.05, 0.1) is 0 Å². The minimum absolute atomic E-state index is 0.0444. The molecule has 190 valence electrons. The first kappa shape index (κ1) is 30.9. The summed E-state index contributed by atoms with van der Waals surface area (Å²) in [5, 5.41) is 0. The van der Waals surface area contributed by atoms with Gasteiger partial charge in [-0.15, -0.1) is 0 Å². The van der Waals surface area contributed by atoms with Gasteiger partial charge in [-0.1, -0.05) is 93.9 Å². The third kappa shape index (κ3) is 15.7. The van der Waals surface area contributed by atoms with Crippen LogP contribution >= 0.6 is 0 Å². The van der Waals surface area contributed by atoms with Crippen LogP contribution < -0.4 is 0 Å². The highest BCUT2D eigenvalue weighted by atomic mass is 16.5. The third-order valence-electron chi connectivity index (χ3n) is 6.13. The molecule has 0 aliphatic heterocycles. The first-order valence-corrected chi connectivity index (χ1v) is 13.3. The molecule has 0 aromatic carbocycles. The van der Waals surface area contributed by atoms with Crippen molar-refractivity contribution in [2.24, 2.45) is 10.8 Å². The Kier molecular flexibility index (Phi) is 16.0. The van der Waals surface area contributed by atoms with Gasteiger partial charge in [-0.05, 0) is 49.4 Å². The van der Waals surface area contributed by atoms with Gasteiger partial charge >= 0.3 is 11.9 Å². The number of hydrogen-bond donors (Lipinski definition) is 0. The number of ether oxygens (including phenoxy) is 2. The minimum atomic E-state index is -0.141. The van der Waals surface area contributed by atoms with E-state index in [1.807, 2.05) is 0 Å². The maximum atomic E-state index is 12.4. The van der Waals surface area contributed by atoms with E-state index in [0.717, 1.165) is 25.7 Å². The molecular formula is C28H54O4. The molecule has 0 saturated heterocycles. The zero-order valence-corrected chi connectivity index (χ0v) is 22.7. The second-order valence-corrected chi connectivity index (χ2v) is 11.6. The Morgan fingerprint density at radius 3 is 1.19 bits per heavy atom. The summed E-state index contributed by atoms with van der Waals surface area (Å²) in [5.41, 5.74) is -0.102. The lowest BCUT2D eigenvalue weighted by molar-refractivity contribution is -0.157. The van der Waals surface area contributed by atoms with Crippen LogP contribution in [0.3, 0.4) is 0 Å². The van der Waals surface area contributed by atoms with Gasteiger partial charge in [-0.2, -0.15) is 0 Å². The highest BCUT2D eigenvalue weighted by Crippen LogP contribution is 2.29. The van der Waals surface area contributed by atoms with Crippen LogP contribution in [0, 0.1) is 10.8 Å². The van der Waals surface area contributed by atoms with E-state index in [1.54, 1.807) is 0 Å². The van der Waals surface area contributed by atoms with Crippen molar-refractivity contribution in [3.63, 3.8) is 0 Å². The average molecular weight is 455 g/mol. The van der Waals surface area contributed by atoms with Gasteiger partial charge in [0.15, 0.2) is 0 Å². The zero-order valence-electron chi connectivity index (χ0n) is 22.7. The van der Waals surface area contributed by atoms with E-state index in [2.05, 4.69) is 55.4 Å². The highest BCUT2D eigenvalue weighted by molar-refractivity contribution is 5.71. The summed E-state index contributed by atoms with van der Waals surface area (Å²) in [7, 11) is 0. The molecule has 0 heterocycles. The number of unbranched alkanes of at least 4 members (excludes halogenated alkanes) is 7. The molecule has 2 atom stereocenters. The molecule has 0 amide bonds. The van der Waals surface area contributed by atoms with Crippen LogP contribution in [0.5, 0.6) is 0 Å². The van der Waals surface area contributed by atoms with Crippen LogP contribution in [0.1, 0.15) is 145 Å². The Morgan fingerprint density at radius 2 is 0.906 bits per heavy atom. The molecule has 0 aliphatic rings. The maximum Gasteiger partial charge on any atom is 0.306 e. The van der Waals surface area contributed by atoms with Crippen molar-refractivity contribution in [2.75, 3.05) is 0 Å². The number of carbonyl (C=O) groups is 2. The molecule has 0 aromatic heterocycles. The summed E-state index contributed by atoms with van der Waals surface area (Å²) >= 11 is 0. The lowest BCUT2D eigenvalue weighted by Crippen LogP contribution is -2.32. The lowest BCUT2D eigenvalue weighted by Gasteiger charge is -2.30. The van der Waals surface area contributed by atoms with Crippen molar-refractivity contribution in [2.45, 2.75) is 157 Å². The molecule has 0 aromatic rings. The average Bonchev–Trinajstić information content (AvgIpc) is 2.68. The Balaban J connectivity index is 4.32. The minimum Gasteiger partial charge on any atom is -0.462 e. The van der Waals surface area contributed by atoms with Crippen LogP contribution in [0.2, 0.25) is 0 Å². The molecular weight excluding hydrogens is 400 g/mol. The van der Waals surface area contributed by atoms with Crippen LogP contribution in [0.25, 0.3) is 0 Å². The van der Waals surface area contributed by atoms with E-state index in [9.17, 15) is 9.59 Å². The lowest BCUT2D eigenvalue weighted by atomic mass is 9.85. The molecule has 0 aliphatic carbocycles. The van der Waals surface area contributed by atoms with Crippen molar-refractivity contribution < 1.29 is 19.1 Å². The Labute approximate surface area is 199 Å². The molecule has 0 saturated carbocycles. The summed E-state index contributed by atoms with van der Waals surface area (Å²) in [6.07, 6.45) is 13.3. The topological polar surface area (TPSA) is 52.6 Å². The van der Waals surface area contributed by atoms with E-state index in [-0.39, 0.29) is 35.0 Å². The van der Waals surface area contributed by atoms with Crippen molar-refractivity contribution in [1.29, 1.82) is 0 Å². The van der Waals surface area contributed by atoms with Gasteiger partial charge in [0.1, 0.15) is 12.2 Å². The maximum absolute atomic E-state index is 12.4. The monoisotopic (exact) mass is 454 g/mol. The molecule has 0 N–H and O–H groups in total. The fraction of sp³-hybridized carbons (Fsp3) is 0.929. The Hall–Kier alpha value is -1.06. The van der Waals surface area contributed by atoms with E-state index >= 15 is 0 Å². The van der Waals surface area contributed by atoms with Crippen LogP contribution in [-0.2, 0) is 19.1 Å². The highest BCUT2D eigenvalue weighted by Gasteiger charge is 2.29. The Morgan fingerprint density at radius 1 is 0.562 bits per heavy atom. The predicted molar refractivity (Wildman–Crippen MR) is 135 cm³/mol. The van der Waals surface area contributed by atoms with Crippen molar-refractivity contribution in [3.05, 3.63) is 0 Å². The molecule has 4 heteroatoms. The molecule has 0 bridgehead atoms. The van der Waals surface area contributed by atoms with Gasteiger partial charge in [-0.25, -0.2) is 0 Å². The fourth-order valence-corrected chi connectivity index (χ4v) is 3.82. The van der Waals surface area contributed by atoms with Gasteiger partial charge < -0.3 is 9.47 Å². The van der Waals surface area contributed by atoms with Crippen molar-refractivity contribution in [1.82, 2.24) is 0 Å². The van der Waals surface area contributed by atoms with Crippen LogP contribution in [0.4, 0.5) is 0 Å². The first-order chi connectivity index (χ1) is 14.9. The Bertz CT molecular complexity index is 453. The summed E-state index contributed by atoms with van der Waals surface area (Å²) in [5.74, 6) is -0.283. The molecule has 0 rings (SSSR count). The summed E-state index contributed by atoms with van der Waals surface area (Å²) in [6.45, 7) is 17.2. The molecule has 2 unspecified atom stereocenters. The second-order valence-electron chi connectivity index (χ2n) is 11.6. The van der Waals surface area contributed by atoms with Crippen LogP contribution in [0.15, 0.2) is 0 Å². The molecule has 32 heavy (non-hydrogen) atoms. The van der Waals surface area contributed by atoms with Gasteiger partial charge in [0, 0.05) is 12.8 Å². The third-order valence-corrected chi connectivity index (χ3v) is 6.13. The van der Waals surface area contributed by atoms with E-state index in [0.29, 0.717) is 25.7 Å². The quantitative estimate of drug-likeness (QED) is 0.163. The predicted octanol–water partition coefficient (Wildman–Crippen LogP) is 8.40. The zero-order chi connectivity index (χ0) is 24.6. The molecule has 0 fully saturated rings. The SMILES string of the molecule is CCCCCCC(OC(=O)CCCCC(=O)OC(CCCCCC)C(C)(C)C)C(C)(C)C. The fourth-order valence-electron chi connectivity index (χ4n) is 3.82. The van der Waals surface area contributed by atoms with E-state index in [1.165, 1.54) is 38.5 Å². The van der Waals surface area contributed by atoms with Gasteiger partial charge in [0.2, 0.25) is 0 Å². The standard InChI is InChI=1S/C28H54O4/c1-9-11-13-15-19-23(27(3,4)5)31-25(29)21-17-18-22-26(30)32-24(28(6,7)8)20-16-14-12-10-2/h23-24H,9-22H2,1-8H3. The largest absolute Gasteiger partial charge is 0.462 e. The van der Waals surface area contributed by atoms with Gasteiger partial charge in [-0.3, -0.25) is 9.59 Å². The van der Waals surface area contributed by atoms with Crippen molar-refractivity contribution >= 4 is 11.9 Å². The molecule has 4 nitrogen and oxygen atoms in total. The molecule has 0 spiro atoms. The normalized spacial score (nSPS) is 14.1. The molecule has 0 radical (unpaired) electrons. The number of esters is 2.